The van der Waals surface area contributed by atoms with Crippen molar-refractivity contribution in [2.75, 3.05) is 24.5 Å². The third-order valence-corrected chi connectivity index (χ3v) is 2.59. The molecule has 1 saturated heterocycles. The second-order valence-electron chi connectivity index (χ2n) is 2.95. The van der Waals surface area contributed by atoms with Crippen LogP contribution in [0.25, 0.3) is 0 Å². The largest absolute Gasteiger partial charge is 0.343 e. The van der Waals surface area contributed by atoms with Crippen molar-refractivity contribution < 1.29 is 0 Å². The third kappa shape index (κ3) is 1.54. The molecule has 6 heteroatoms. The van der Waals surface area contributed by atoms with Crippen molar-refractivity contribution in [1.82, 2.24) is 20.1 Å². The third-order valence-electron chi connectivity index (χ3n) is 1.93. The summed E-state index contributed by atoms with van der Waals surface area (Å²) in [6.07, 6.45) is 0. The van der Waals surface area contributed by atoms with Gasteiger partial charge in [-0.1, -0.05) is 9.59 Å². The zero-order valence-electron chi connectivity index (χ0n) is 6.90. The number of nitrogens with one attached hydrogen (secondary N) is 1. The van der Waals surface area contributed by atoms with Crippen LogP contribution in [0.2, 0.25) is 0 Å². The smallest absolute Gasteiger partial charge is 0.227 e. The van der Waals surface area contributed by atoms with E-state index in [2.05, 4.69) is 31.9 Å². The zero-order chi connectivity index (χ0) is 8.39. The van der Waals surface area contributed by atoms with E-state index in [0.29, 0.717) is 6.04 Å². The molecule has 2 heterocycles. The second-order valence-corrected chi connectivity index (χ2v) is 3.66. The molecule has 1 N–H and O–H groups in total. The van der Waals surface area contributed by atoms with Gasteiger partial charge in [-0.3, -0.25) is 0 Å². The molecule has 5 nitrogen and oxygen atoms in total. The summed E-state index contributed by atoms with van der Waals surface area (Å²) in [6, 6.07) is 0.530. The van der Waals surface area contributed by atoms with E-state index in [0.717, 1.165) is 24.8 Å². The monoisotopic (exact) mass is 185 g/mol. The number of nitrogens with zero attached hydrogens (tertiary/aromatic N) is 4. The highest BCUT2D eigenvalue weighted by Crippen LogP contribution is 2.14. The molecule has 12 heavy (non-hydrogen) atoms. The molecule has 0 saturated carbocycles. The highest BCUT2D eigenvalue weighted by Gasteiger charge is 2.17. The summed E-state index contributed by atoms with van der Waals surface area (Å²) >= 11 is 1.36. The van der Waals surface area contributed by atoms with Crippen molar-refractivity contribution in [1.29, 1.82) is 0 Å². The Hall–Kier alpha value is -0.750. The van der Waals surface area contributed by atoms with Crippen LogP contribution < -0.4 is 10.2 Å². The summed E-state index contributed by atoms with van der Waals surface area (Å²) in [5.74, 6) is 0. The lowest BCUT2D eigenvalue weighted by molar-refractivity contribution is 0.483. The van der Waals surface area contributed by atoms with Gasteiger partial charge in [0.2, 0.25) is 5.13 Å². The summed E-state index contributed by atoms with van der Waals surface area (Å²) in [5.41, 5.74) is 0. The van der Waals surface area contributed by atoms with E-state index in [1.807, 2.05) is 0 Å². The maximum Gasteiger partial charge on any atom is 0.227 e. The molecule has 1 aromatic rings. The molecule has 0 radical (unpaired) electrons. The molecule has 2 rings (SSSR count). The Labute approximate surface area is 74.9 Å². The van der Waals surface area contributed by atoms with Gasteiger partial charge in [0, 0.05) is 37.2 Å². The maximum atomic E-state index is 3.93. The van der Waals surface area contributed by atoms with Crippen molar-refractivity contribution in [2.24, 2.45) is 0 Å². The van der Waals surface area contributed by atoms with E-state index < -0.39 is 0 Å². The van der Waals surface area contributed by atoms with Crippen molar-refractivity contribution in [3.63, 3.8) is 0 Å². The highest BCUT2D eigenvalue weighted by atomic mass is 32.1. The van der Waals surface area contributed by atoms with Crippen LogP contribution in [0.1, 0.15) is 6.92 Å². The lowest BCUT2D eigenvalue weighted by Gasteiger charge is -2.30. The van der Waals surface area contributed by atoms with Crippen molar-refractivity contribution >= 4 is 16.7 Å². The van der Waals surface area contributed by atoms with Gasteiger partial charge in [0.15, 0.2) is 0 Å². The molecule has 0 aromatic carbocycles. The quantitative estimate of drug-likeness (QED) is 0.653. The minimum Gasteiger partial charge on any atom is -0.343 e. The molecule has 1 unspecified atom stereocenters. The van der Waals surface area contributed by atoms with Crippen molar-refractivity contribution in [2.45, 2.75) is 13.0 Å². The molecular formula is C6H11N5S. The SMILES string of the molecule is CC1CN(c2nnns2)CCN1. The van der Waals surface area contributed by atoms with Crippen LogP contribution >= 0.6 is 11.5 Å². The molecule has 0 bridgehead atoms. The van der Waals surface area contributed by atoms with Gasteiger partial charge in [-0.25, -0.2) is 0 Å². The van der Waals surface area contributed by atoms with Crippen LogP contribution in [0.15, 0.2) is 0 Å². The number of anilines is 1. The van der Waals surface area contributed by atoms with Gasteiger partial charge in [0.1, 0.15) is 0 Å². The zero-order valence-corrected chi connectivity index (χ0v) is 7.71. The Balaban J connectivity index is 2.04. The molecule has 1 atom stereocenters. The fraction of sp³-hybridized carbons (Fsp3) is 0.833. The highest BCUT2D eigenvalue weighted by molar-refractivity contribution is 7.09. The molecule has 0 aliphatic carbocycles. The standard InChI is InChI=1S/C6H11N5S/c1-5-4-11(3-2-7-5)6-8-9-10-12-6/h5,7H,2-4H2,1H3. The normalized spacial score (nSPS) is 24.4. The number of hydrogen-bond donors (Lipinski definition) is 1. The van der Waals surface area contributed by atoms with Crippen LogP contribution in [0.5, 0.6) is 0 Å². The van der Waals surface area contributed by atoms with Gasteiger partial charge in [-0.2, -0.15) is 0 Å². The molecule has 1 fully saturated rings. The van der Waals surface area contributed by atoms with E-state index in [1.54, 1.807) is 0 Å². The van der Waals surface area contributed by atoms with Crippen LogP contribution in [-0.2, 0) is 0 Å². The van der Waals surface area contributed by atoms with Gasteiger partial charge in [0.25, 0.3) is 0 Å². The van der Waals surface area contributed by atoms with Gasteiger partial charge in [-0.05, 0) is 12.1 Å². The first kappa shape index (κ1) is 7.88. The maximum absolute atomic E-state index is 3.93. The molecule has 66 valence electrons. The fourth-order valence-corrected chi connectivity index (χ4v) is 1.86. The minimum atomic E-state index is 0.530. The molecule has 0 spiro atoms. The van der Waals surface area contributed by atoms with Gasteiger partial charge in [-0.15, -0.1) is 0 Å². The molecule has 1 aliphatic rings. The van der Waals surface area contributed by atoms with E-state index in [1.165, 1.54) is 11.5 Å². The van der Waals surface area contributed by atoms with Crippen molar-refractivity contribution in [3.05, 3.63) is 0 Å². The van der Waals surface area contributed by atoms with Gasteiger partial charge in [0.05, 0.1) is 0 Å². The summed E-state index contributed by atoms with van der Waals surface area (Å²) in [6.45, 7) is 5.18. The minimum absolute atomic E-state index is 0.530. The van der Waals surface area contributed by atoms with Crippen LogP contribution in [0.3, 0.4) is 0 Å². The van der Waals surface area contributed by atoms with Crippen LogP contribution in [0, 0.1) is 0 Å². The van der Waals surface area contributed by atoms with E-state index in [9.17, 15) is 0 Å². The van der Waals surface area contributed by atoms with Crippen LogP contribution in [0.4, 0.5) is 5.13 Å². The molecule has 0 amide bonds. The Morgan fingerprint density at radius 1 is 1.67 bits per heavy atom. The lowest BCUT2D eigenvalue weighted by atomic mass is 10.2. The number of hydrogen-bond acceptors (Lipinski definition) is 6. The molecule has 1 aromatic heterocycles. The molecular weight excluding hydrogens is 174 g/mol. The van der Waals surface area contributed by atoms with E-state index >= 15 is 0 Å². The second kappa shape index (κ2) is 3.32. The molecule has 1 aliphatic heterocycles. The number of aromatic nitrogens is 3. The average molecular weight is 185 g/mol. The predicted octanol–water partition coefficient (Wildman–Crippen LogP) is -0.269. The summed E-state index contributed by atoms with van der Waals surface area (Å²) < 4.78 is 3.74. The first-order valence-corrected chi connectivity index (χ1v) is 4.77. The Kier molecular flexibility index (Phi) is 2.18. The van der Waals surface area contributed by atoms with Gasteiger partial charge < -0.3 is 10.2 Å². The summed E-state index contributed by atoms with van der Waals surface area (Å²) in [7, 11) is 0. The Morgan fingerprint density at radius 3 is 3.25 bits per heavy atom. The summed E-state index contributed by atoms with van der Waals surface area (Å²) in [5, 5.41) is 11.8. The van der Waals surface area contributed by atoms with Crippen molar-refractivity contribution in [3.8, 4) is 0 Å². The lowest BCUT2D eigenvalue weighted by Crippen LogP contribution is -2.49. The first-order valence-electron chi connectivity index (χ1n) is 3.99. The van der Waals surface area contributed by atoms with Gasteiger partial charge >= 0.3 is 0 Å². The average Bonchev–Trinajstić information content (AvgIpc) is 2.56. The predicted molar refractivity (Wildman–Crippen MR) is 47.4 cm³/mol. The Bertz CT molecular complexity index is 236. The summed E-state index contributed by atoms with van der Waals surface area (Å²) in [4.78, 5) is 2.21. The van der Waals surface area contributed by atoms with E-state index in [4.69, 9.17) is 0 Å². The number of rotatable bonds is 1. The first-order chi connectivity index (χ1) is 5.86. The van der Waals surface area contributed by atoms with E-state index in [-0.39, 0.29) is 0 Å². The number of piperazine rings is 1. The topological polar surface area (TPSA) is 53.9 Å². The fourth-order valence-electron chi connectivity index (χ4n) is 1.36. The Morgan fingerprint density at radius 2 is 2.58 bits per heavy atom. The van der Waals surface area contributed by atoms with Crippen LogP contribution in [-0.4, -0.2) is 40.5 Å².